The minimum Gasteiger partial charge on any atom is -0.508 e. The molecule has 0 saturated heterocycles. The molecule has 4 rings (SSSR count). The first-order valence-electron chi connectivity index (χ1n) is 9.37. The Morgan fingerprint density at radius 2 is 1.40 bits per heavy atom. The number of aryl methyl sites for hydroxylation is 3. The Balaban J connectivity index is 2.15. The Morgan fingerprint density at radius 1 is 0.867 bits per heavy atom. The molecule has 1 amide bonds. The highest BCUT2D eigenvalue weighted by atomic mass is 16.6. The summed E-state index contributed by atoms with van der Waals surface area (Å²) < 4.78 is 0. The molecular formula is C23H20N2O5. The molecule has 0 aromatic heterocycles. The van der Waals surface area contributed by atoms with Crippen LogP contribution in [0.4, 0.5) is 11.4 Å². The predicted octanol–water partition coefficient (Wildman–Crippen LogP) is 4.22. The number of hydrogen-bond acceptors (Lipinski definition) is 5. The van der Waals surface area contributed by atoms with Gasteiger partial charge < -0.3 is 15.5 Å². The monoisotopic (exact) mass is 404 g/mol. The lowest BCUT2D eigenvalue weighted by atomic mass is 9.69. The second-order valence-corrected chi connectivity index (χ2v) is 7.65. The fourth-order valence-corrected chi connectivity index (χ4v) is 4.18. The van der Waals surface area contributed by atoms with E-state index in [1.54, 1.807) is 45.0 Å². The van der Waals surface area contributed by atoms with E-state index in [1.807, 2.05) is 0 Å². The van der Waals surface area contributed by atoms with Gasteiger partial charge in [0.15, 0.2) is 0 Å². The van der Waals surface area contributed by atoms with Gasteiger partial charge in [-0.05, 0) is 60.7 Å². The number of benzene rings is 3. The zero-order valence-electron chi connectivity index (χ0n) is 16.7. The van der Waals surface area contributed by atoms with Crippen LogP contribution < -0.4 is 5.32 Å². The summed E-state index contributed by atoms with van der Waals surface area (Å²) in [4.78, 5) is 24.6. The van der Waals surface area contributed by atoms with Gasteiger partial charge in [0.1, 0.15) is 16.9 Å². The Hall–Kier alpha value is -3.87. The number of nitro benzene ring substituents is 1. The minimum absolute atomic E-state index is 0.0876. The predicted molar refractivity (Wildman–Crippen MR) is 112 cm³/mol. The normalized spacial score (nSPS) is 14.3. The first kappa shape index (κ1) is 19.4. The number of phenolic OH excluding ortho intramolecular Hbond substituents is 2. The molecule has 0 unspecified atom stereocenters. The van der Waals surface area contributed by atoms with Crippen molar-refractivity contribution in [1.82, 2.24) is 0 Å². The Labute approximate surface area is 172 Å². The smallest absolute Gasteiger partial charge is 0.270 e. The van der Waals surface area contributed by atoms with Gasteiger partial charge in [-0.1, -0.05) is 24.3 Å². The molecule has 0 saturated carbocycles. The highest BCUT2D eigenvalue weighted by Crippen LogP contribution is 2.50. The number of phenols is 2. The van der Waals surface area contributed by atoms with E-state index in [9.17, 15) is 25.1 Å². The van der Waals surface area contributed by atoms with Crippen LogP contribution >= 0.6 is 0 Å². The number of fused-ring (bicyclic) bond motifs is 1. The number of nitrogens with zero attached hydrogens (tertiary/aromatic N) is 1. The maximum Gasteiger partial charge on any atom is 0.270 e. The molecule has 0 fully saturated rings. The van der Waals surface area contributed by atoms with Crippen molar-refractivity contribution in [1.29, 1.82) is 0 Å². The molecule has 3 N–H and O–H groups in total. The molecule has 3 aromatic rings. The highest BCUT2D eigenvalue weighted by molar-refractivity contribution is 6.12. The van der Waals surface area contributed by atoms with Crippen molar-refractivity contribution in [2.24, 2.45) is 0 Å². The summed E-state index contributed by atoms with van der Waals surface area (Å²) in [5.74, 6) is -0.175. The number of carbonyl (C=O) groups excluding carboxylic acids is 1. The number of carbonyl (C=O) groups is 1. The fourth-order valence-electron chi connectivity index (χ4n) is 4.18. The Bertz CT molecular complexity index is 1180. The summed E-state index contributed by atoms with van der Waals surface area (Å²) in [5.41, 5.74) is 2.38. The van der Waals surface area contributed by atoms with E-state index in [2.05, 4.69) is 5.32 Å². The molecule has 7 nitrogen and oxygen atoms in total. The van der Waals surface area contributed by atoms with Crippen molar-refractivity contribution in [3.8, 4) is 11.5 Å². The molecule has 152 valence electrons. The van der Waals surface area contributed by atoms with E-state index in [0.717, 1.165) is 0 Å². The molecule has 1 heterocycles. The molecule has 0 atom stereocenters. The largest absolute Gasteiger partial charge is 0.508 e. The van der Waals surface area contributed by atoms with E-state index in [-0.39, 0.29) is 23.1 Å². The summed E-state index contributed by atoms with van der Waals surface area (Å²) in [7, 11) is 0. The third kappa shape index (κ3) is 2.62. The van der Waals surface area contributed by atoms with Crippen molar-refractivity contribution in [3.05, 3.63) is 92.0 Å². The number of rotatable bonds is 3. The van der Waals surface area contributed by atoms with Crippen LogP contribution in [-0.2, 0) is 10.2 Å². The van der Waals surface area contributed by atoms with Crippen LogP contribution in [0.25, 0.3) is 0 Å². The van der Waals surface area contributed by atoms with E-state index in [1.165, 1.54) is 24.3 Å². The van der Waals surface area contributed by atoms with Crippen LogP contribution in [0.15, 0.2) is 48.5 Å². The molecule has 30 heavy (non-hydrogen) atoms. The Morgan fingerprint density at radius 3 is 1.87 bits per heavy atom. The van der Waals surface area contributed by atoms with Crippen LogP contribution in [0.1, 0.15) is 33.4 Å². The van der Waals surface area contributed by atoms with Gasteiger partial charge in [-0.3, -0.25) is 14.9 Å². The molecule has 0 radical (unpaired) electrons. The van der Waals surface area contributed by atoms with E-state index >= 15 is 0 Å². The standard InChI is InChI=1S/C23H20N2O5/c1-12-8-15(4-6-19(12)26)23(16-5-7-20(27)13(2)9-16)18-11-17(25(29)30)10-14(3)21(18)24-22(23)28/h4-11,26-27H,1-3H3,(H,24,28). The molecule has 1 aliphatic rings. The van der Waals surface area contributed by atoms with Gasteiger partial charge in [-0.15, -0.1) is 0 Å². The summed E-state index contributed by atoms with van der Waals surface area (Å²) in [6, 6.07) is 12.6. The maximum atomic E-state index is 13.6. The lowest BCUT2D eigenvalue weighted by Crippen LogP contribution is -2.37. The number of aromatic hydroxyl groups is 2. The van der Waals surface area contributed by atoms with Crippen molar-refractivity contribution < 1.29 is 19.9 Å². The van der Waals surface area contributed by atoms with Crippen molar-refractivity contribution in [2.75, 3.05) is 5.32 Å². The molecule has 1 aliphatic heterocycles. The lowest BCUT2D eigenvalue weighted by Gasteiger charge is -2.30. The Kier molecular flexibility index (Phi) is 4.27. The number of amides is 1. The SMILES string of the molecule is Cc1cc(C2(c3ccc(O)c(C)c3)C(=O)Nc3c(C)cc([N+](=O)[O-])cc32)ccc1O. The zero-order chi connectivity index (χ0) is 21.8. The summed E-state index contributed by atoms with van der Waals surface area (Å²) >= 11 is 0. The number of nitro groups is 1. The van der Waals surface area contributed by atoms with Crippen LogP contribution in [0, 0.1) is 30.9 Å². The van der Waals surface area contributed by atoms with Gasteiger partial charge in [0.2, 0.25) is 5.91 Å². The third-order valence-electron chi connectivity index (χ3n) is 5.77. The van der Waals surface area contributed by atoms with E-state index < -0.39 is 10.3 Å². The molecule has 3 aromatic carbocycles. The van der Waals surface area contributed by atoms with Crippen molar-refractivity contribution in [2.45, 2.75) is 26.2 Å². The van der Waals surface area contributed by atoms with Crippen LogP contribution in [-0.4, -0.2) is 21.0 Å². The lowest BCUT2D eigenvalue weighted by molar-refractivity contribution is -0.385. The van der Waals surface area contributed by atoms with Crippen LogP contribution in [0.5, 0.6) is 11.5 Å². The first-order valence-corrected chi connectivity index (χ1v) is 9.37. The highest BCUT2D eigenvalue weighted by Gasteiger charge is 2.51. The molecule has 0 spiro atoms. The first-order chi connectivity index (χ1) is 14.2. The van der Waals surface area contributed by atoms with Crippen molar-refractivity contribution in [3.63, 3.8) is 0 Å². The van der Waals surface area contributed by atoms with Gasteiger partial charge in [0.25, 0.3) is 5.69 Å². The number of non-ortho nitro benzene ring substituents is 1. The number of hydrogen-bond donors (Lipinski definition) is 3. The number of anilines is 1. The van der Waals surface area contributed by atoms with E-state index in [0.29, 0.717) is 39.1 Å². The minimum atomic E-state index is -1.37. The average molecular weight is 404 g/mol. The topological polar surface area (TPSA) is 113 Å². The molecular weight excluding hydrogens is 384 g/mol. The van der Waals surface area contributed by atoms with Gasteiger partial charge in [-0.2, -0.15) is 0 Å². The van der Waals surface area contributed by atoms with E-state index in [4.69, 9.17) is 0 Å². The molecule has 0 bridgehead atoms. The third-order valence-corrected chi connectivity index (χ3v) is 5.77. The van der Waals surface area contributed by atoms with Crippen LogP contribution in [0.2, 0.25) is 0 Å². The molecule has 0 aliphatic carbocycles. The fraction of sp³-hybridized carbons (Fsp3) is 0.174. The summed E-state index contributed by atoms with van der Waals surface area (Å²) in [6.07, 6.45) is 0. The van der Waals surface area contributed by atoms with Crippen molar-refractivity contribution >= 4 is 17.3 Å². The maximum absolute atomic E-state index is 13.6. The second-order valence-electron chi connectivity index (χ2n) is 7.65. The van der Waals surface area contributed by atoms with Gasteiger partial charge in [0.05, 0.1) is 4.92 Å². The van der Waals surface area contributed by atoms with Gasteiger partial charge >= 0.3 is 0 Å². The molecule has 7 heteroatoms. The van der Waals surface area contributed by atoms with Gasteiger partial charge in [-0.25, -0.2) is 0 Å². The average Bonchev–Trinajstić information content (AvgIpc) is 2.99. The number of nitrogens with one attached hydrogen (secondary N) is 1. The zero-order valence-corrected chi connectivity index (χ0v) is 16.7. The van der Waals surface area contributed by atoms with Gasteiger partial charge in [0, 0.05) is 23.4 Å². The van der Waals surface area contributed by atoms with Crippen LogP contribution in [0.3, 0.4) is 0 Å². The summed E-state index contributed by atoms with van der Waals surface area (Å²) in [5, 5.41) is 34.5. The quantitative estimate of drug-likeness (QED) is 0.447. The second kappa shape index (κ2) is 6.59. The summed E-state index contributed by atoms with van der Waals surface area (Å²) in [6.45, 7) is 5.16.